The third-order valence-corrected chi connectivity index (χ3v) is 3.45. The lowest BCUT2D eigenvalue weighted by Gasteiger charge is -1.95. The molecule has 0 amide bonds. The van der Waals surface area contributed by atoms with E-state index in [9.17, 15) is 0 Å². The minimum Gasteiger partial charge on any atom is -0.317 e. The molecule has 0 spiro atoms. The first-order valence-electron chi connectivity index (χ1n) is 4.87. The third-order valence-electron chi connectivity index (χ3n) is 1.79. The smallest absolute Gasteiger partial charge is 0.118 e. The Morgan fingerprint density at radius 3 is 2.64 bits per heavy atom. The highest BCUT2D eigenvalue weighted by molar-refractivity contribution is 7.98. The summed E-state index contributed by atoms with van der Waals surface area (Å²) in [5.41, 5.74) is 0. The van der Waals surface area contributed by atoms with E-state index in [1.807, 2.05) is 11.8 Å². The molecule has 5 heteroatoms. The summed E-state index contributed by atoms with van der Waals surface area (Å²) >= 11 is 3.60. The Morgan fingerprint density at radius 1 is 1.29 bits per heavy atom. The summed E-state index contributed by atoms with van der Waals surface area (Å²) in [5, 5.41) is 13.9. The Hall–Kier alpha value is -0.130. The highest BCUT2D eigenvalue weighted by atomic mass is 32.2. The van der Waals surface area contributed by atoms with Gasteiger partial charge in [-0.15, -0.1) is 21.5 Å². The van der Waals surface area contributed by atoms with Gasteiger partial charge in [0.15, 0.2) is 0 Å². The predicted molar refractivity (Wildman–Crippen MR) is 64.2 cm³/mol. The van der Waals surface area contributed by atoms with Crippen molar-refractivity contribution in [2.45, 2.75) is 19.8 Å². The number of thioether (sulfide) groups is 1. The van der Waals surface area contributed by atoms with E-state index in [0.717, 1.165) is 36.7 Å². The zero-order valence-corrected chi connectivity index (χ0v) is 10.4. The SMILES string of the molecule is CCNCCc1nnc(CCSC)s1. The Labute approximate surface area is 93.7 Å². The molecule has 1 N–H and O–H groups in total. The molecule has 3 nitrogen and oxygen atoms in total. The van der Waals surface area contributed by atoms with Gasteiger partial charge in [-0.05, 0) is 18.6 Å². The van der Waals surface area contributed by atoms with Crippen LogP contribution in [-0.2, 0) is 12.8 Å². The number of hydrogen-bond donors (Lipinski definition) is 1. The lowest BCUT2D eigenvalue weighted by molar-refractivity contribution is 0.710. The highest BCUT2D eigenvalue weighted by Gasteiger charge is 2.02. The molecule has 1 aromatic rings. The van der Waals surface area contributed by atoms with Crippen LogP contribution in [0, 0.1) is 0 Å². The monoisotopic (exact) mass is 231 g/mol. The fourth-order valence-electron chi connectivity index (χ4n) is 1.05. The van der Waals surface area contributed by atoms with Crippen LogP contribution in [0.2, 0.25) is 0 Å². The van der Waals surface area contributed by atoms with Crippen molar-refractivity contribution in [2.24, 2.45) is 0 Å². The maximum Gasteiger partial charge on any atom is 0.118 e. The molecule has 80 valence electrons. The van der Waals surface area contributed by atoms with Crippen LogP contribution in [-0.4, -0.2) is 35.3 Å². The van der Waals surface area contributed by atoms with Crippen molar-refractivity contribution in [1.82, 2.24) is 15.5 Å². The van der Waals surface area contributed by atoms with Gasteiger partial charge in [-0.3, -0.25) is 0 Å². The quantitative estimate of drug-likeness (QED) is 0.723. The van der Waals surface area contributed by atoms with Crippen molar-refractivity contribution in [3.8, 4) is 0 Å². The van der Waals surface area contributed by atoms with Crippen LogP contribution in [0.25, 0.3) is 0 Å². The molecular formula is C9H17N3S2. The molecule has 1 heterocycles. The van der Waals surface area contributed by atoms with Gasteiger partial charge < -0.3 is 5.32 Å². The number of aromatic nitrogens is 2. The Balaban J connectivity index is 2.27. The van der Waals surface area contributed by atoms with E-state index in [2.05, 4.69) is 28.7 Å². The first-order valence-corrected chi connectivity index (χ1v) is 7.08. The molecule has 14 heavy (non-hydrogen) atoms. The van der Waals surface area contributed by atoms with E-state index in [0.29, 0.717) is 0 Å². The molecule has 0 saturated carbocycles. The number of nitrogens with zero attached hydrogens (tertiary/aromatic N) is 2. The first kappa shape index (κ1) is 11.9. The standard InChI is InChI=1S/C9H17N3S2/c1-3-10-6-4-8-11-12-9(14-8)5-7-13-2/h10H,3-7H2,1-2H3. The molecule has 0 aliphatic carbocycles. The fraction of sp³-hybridized carbons (Fsp3) is 0.778. The van der Waals surface area contributed by atoms with Crippen LogP contribution in [0.5, 0.6) is 0 Å². The van der Waals surface area contributed by atoms with Crippen LogP contribution < -0.4 is 5.32 Å². The second kappa shape index (κ2) is 7.20. The van der Waals surface area contributed by atoms with Gasteiger partial charge in [-0.25, -0.2) is 0 Å². The molecule has 0 aliphatic heterocycles. The van der Waals surface area contributed by atoms with Crippen LogP contribution in [0.15, 0.2) is 0 Å². The minimum absolute atomic E-state index is 1.00. The van der Waals surface area contributed by atoms with Crippen LogP contribution in [0.3, 0.4) is 0 Å². The second-order valence-corrected chi connectivity index (χ2v) is 5.07. The summed E-state index contributed by atoms with van der Waals surface area (Å²) < 4.78 is 0. The number of nitrogens with one attached hydrogen (secondary N) is 1. The van der Waals surface area contributed by atoms with E-state index >= 15 is 0 Å². The Morgan fingerprint density at radius 2 is 2.00 bits per heavy atom. The van der Waals surface area contributed by atoms with Gasteiger partial charge in [0.2, 0.25) is 0 Å². The van der Waals surface area contributed by atoms with Crippen molar-refractivity contribution in [2.75, 3.05) is 25.1 Å². The van der Waals surface area contributed by atoms with E-state index in [1.54, 1.807) is 11.3 Å². The van der Waals surface area contributed by atoms with E-state index in [4.69, 9.17) is 0 Å². The molecule has 0 aromatic carbocycles. The van der Waals surface area contributed by atoms with Crippen LogP contribution in [0.4, 0.5) is 0 Å². The molecule has 1 aromatic heterocycles. The summed E-state index contributed by atoms with van der Waals surface area (Å²) in [5.74, 6) is 1.14. The third kappa shape index (κ3) is 4.39. The number of rotatable bonds is 7. The lowest BCUT2D eigenvalue weighted by Crippen LogP contribution is -2.15. The Bertz CT molecular complexity index is 250. The van der Waals surface area contributed by atoms with Crippen LogP contribution >= 0.6 is 23.1 Å². The summed E-state index contributed by atoms with van der Waals surface area (Å²) in [4.78, 5) is 0. The maximum atomic E-state index is 4.16. The molecular weight excluding hydrogens is 214 g/mol. The summed E-state index contributed by atoms with van der Waals surface area (Å²) in [6, 6.07) is 0. The van der Waals surface area contributed by atoms with E-state index in [1.165, 1.54) is 5.01 Å². The van der Waals surface area contributed by atoms with Gasteiger partial charge in [0, 0.05) is 19.4 Å². The molecule has 1 rings (SSSR count). The topological polar surface area (TPSA) is 37.8 Å². The Kier molecular flexibility index (Phi) is 6.14. The van der Waals surface area contributed by atoms with Crippen LogP contribution in [0.1, 0.15) is 16.9 Å². The van der Waals surface area contributed by atoms with Gasteiger partial charge in [-0.2, -0.15) is 11.8 Å². The molecule has 0 radical (unpaired) electrons. The van der Waals surface area contributed by atoms with Crippen molar-refractivity contribution in [3.63, 3.8) is 0 Å². The summed E-state index contributed by atoms with van der Waals surface area (Å²) in [6.07, 6.45) is 4.18. The normalized spacial score (nSPS) is 10.7. The van der Waals surface area contributed by atoms with Gasteiger partial charge in [-0.1, -0.05) is 6.92 Å². The second-order valence-electron chi connectivity index (χ2n) is 2.94. The predicted octanol–water partition coefficient (Wildman–Crippen LogP) is 1.60. The lowest BCUT2D eigenvalue weighted by atomic mass is 10.4. The van der Waals surface area contributed by atoms with Crippen molar-refractivity contribution in [1.29, 1.82) is 0 Å². The minimum atomic E-state index is 1.00. The number of aryl methyl sites for hydroxylation is 1. The average Bonchev–Trinajstić information content (AvgIpc) is 2.63. The number of hydrogen-bond acceptors (Lipinski definition) is 5. The maximum absolute atomic E-state index is 4.16. The average molecular weight is 231 g/mol. The van der Waals surface area contributed by atoms with E-state index in [-0.39, 0.29) is 0 Å². The molecule has 0 saturated heterocycles. The van der Waals surface area contributed by atoms with Crippen molar-refractivity contribution >= 4 is 23.1 Å². The summed E-state index contributed by atoms with van der Waals surface area (Å²) in [6.45, 7) is 4.15. The zero-order chi connectivity index (χ0) is 10.2. The van der Waals surface area contributed by atoms with Gasteiger partial charge >= 0.3 is 0 Å². The molecule has 0 bridgehead atoms. The fourth-order valence-corrected chi connectivity index (χ4v) is 2.42. The molecule has 0 fully saturated rings. The summed E-state index contributed by atoms with van der Waals surface area (Å²) in [7, 11) is 0. The number of likely N-dealkylation sites (N-methyl/N-ethyl adjacent to an activating group) is 1. The first-order chi connectivity index (χ1) is 6.86. The molecule has 0 atom stereocenters. The van der Waals surface area contributed by atoms with Gasteiger partial charge in [0.05, 0.1) is 0 Å². The molecule has 0 aliphatic rings. The van der Waals surface area contributed by atoms with Gasteiger partial charge in [0.1, 0.15) is 10.0 Å². The largest absolute Gasteiger partial charge is 0.317 e. The van der Waals surface area contributed by atoms with E-state index < -0.39 is 0 Å². The van der Waals surface area contributed by atoms with Crippen molar-refractivity contribution in [3.05, 3.63) is 10.0 Å². The van der Waals surface area contributed by atoms with Crippen molar-refractivity contribution < 1.29 is 0 Å². The van der Waals surface area contributed by atoms with Gasteiger partial charge in [0.25, 0.3) is 0 Å². The molecule has 0 unspecified atom stereocenters. The highest BCUT2D eigenvalue weighted by Crippen LogP contribution is 2.12. The zero-order valence-electron chi connectivity index (χ0n) is 8.75.